The van der Waals surface area contributed by atoms with Crippen molar-refractivity contribution in [1.82, 2.24) is 4.57 Å². The minimum atomic E-state index is -0.702. The summed E-state index contributed by atoms with van der Waals surface area (Å²) in [6, 6.07) is 16.1. The van der Waals surface area contributed by atoms with E-state index in [1.165, 1.54) is 11.3 Å². The van der Waals surface area contributed by atoms with Gasteiger partial charge in [0.15, 0.2) is 4.80 Å². The number of halogens is 1. The molecule has 0 radical (unpaired) electrons. The zero-order chi connectivity index (χ0) is 21.3. The smallest absolute Gasteiger partial charge is 0.338 e. The van der Waals surface area contributed by atoms with Crippen molar-refractivity contribution in [2.24, 2.45) is 4.99 Å². The van der Waals surface area contributed by atoms with Crippen molar-refractivity contribution in [2.75, 3.05) is 6.61 Å². The third-order valence-corrected chi connectivity index (χ3v) is 6.14. The van der Waals surface area contributed by atoms with Gasteiger partial charge in [-0.2, -0.15) is 0 Å². The molecule has 7 heteroatoms. The molecular weight excluding hydrogens is 420 g/mol. The second-order valence-electron chi connectivity index (χ2n) is 6.73. The predicted molar refractivity (Wildman–Crippen MR) is 118 cm³/mol. The summed E-state index contributed by atoms with van der Waals surface area (Å²) in [6.07, 6.45) is 1.83. The molecule has 152 valence electrons. The maximum atomic E-state index is 13.4. The number of thiazole rings is 1. The molecule has 2 aromatic carbocycles. The summed E-state index contributed by atoms with van der Waals surface area (Å²) in [5.74, 6) is -0.499. The lowest BCUT2D eigenvalue weighted by molar-refractivity contribution is -0.139. The van der Waals surface area contributed by atoms with Gasteiger partial charge in [0.05, 0.1) is 22.4 Å². The average Bonchev–Trinajstić information content (AvgIpc) is 3.03. The quantitative estimate of drug-likeness (QED) is 0.586. The van der Waals surface area contributed by atoms with Crippen LogP contribution >= 0.6 is 22.9 Å². The fourth-order valence-electron chi connectivity index (χ4n) is 3.48. The Hall–Kier alpha value is -2.96. The number of carbonyl (C=O) groups is 1. The van der Waals surface area contributed by atoms with Gasteiger partial charge in [-0.3, -0.25) is 9.36 Å². The van der Waals surface area contributed by atoms with E-state index in [-0.39, 0.29) is 12.2 Å². The molecule has 0 N–H and O–H groups in total. The van der Waals surface area contributed by atoms with Crippen LogP contribution in [0.5, 0.6) is 0 Å². The number of hydrogen-bond acceptors (Lipinski definition) is 5. The standard InChI is InChI=1S/C23H19ClN2O3S/c1-3-29-22(28)19-14(2)25-23-26(20(19)16-11-7-8-12-17(16)24)21(27)18(30-23)13-15-9-5-4-6-10-15/h4-13,20H,3H2,1-2H3/b18-13+/t20-/m0/s1. The average molecular weight is 439 g/mol. The fourth-order valence-corrected chi connectivity index (χ4v) is 4.77. The van der Waals surface area contributed by atoms with Gasteiger partial charge in [0, 0.05) is 5.02 Å². The molecule has 0 unspecified atom stereocenters. The van der Waals surface area contributed by atoms with Gasteiger partial charge < -0.3 is 4.74 Å². The van der Waals surface area contributed by atoms with Gasteiger partial charge >= 0.3 is 5.97 Å². The summed E-state index contributed by atoms with van der Waals surface area (Å²) < 4.78 is 7.36. The Morgan fingerprint density at radius 3 is 2.60 bits per heavy atom. The molecule has 1 aliphatic rings. The third kappa shape index (κ3) is 3.64. The molecule has 0 amide bonds. The minimum Gasteiger partial charge on any atom is -0.463 e. The number of hydrogen-bond donors (Lipinski definition) is 0. The Labute approximate surface area is 182 Å². The van der Waals surface area contributed by atoms with Crippen LogP contribution in [0.1, 0.15) is 31.0 Å². The van der Waals surface area contributed by atoms with Crippen LogP contribution in [0, 0.1) is 0 Å². The molecule has 1 aliphatic heterocycles. The topological polar surface area (TPSA) is 60.7 Å². The summed E-state index contributed by atoms with van der Waals surface area (Å²) in [5.41, 5.74) is 2.19. The first-order chi connectivity index (χ1) is 14.5. The number of benzene rings is 2. The normalized spacial score (nSPS) is 16.2. The lowest BCUT2D eigenvalue weighted by Gasteiger charge is -2.25. The maximum Gasteiger partial charge on any atom is 0.338 e. The van der Waals surface area contributed by atoms with Crippen LogP contribution in [-0.2, 0) is 9.53 Å². The third-order valence-electron chi connectivity index (χ3n) is 4.81. The summed E-state index contributed by atoms with van der Waals surface area (Å²) in [6.45, 7) is 3.72. The minimum absolute atomic E-state index is 0.221. The number of allylic oxidation sites excluding steroid dienone is 1. The van der Waals surface area contributed by atoms with E-state index in [0.717, 1.165) is 5.56 Å². The van der Waals surface area contributed by atoms with E-state index < -0.39 is 12.0 Å². The van der Waals surface area contributed by atoms with Crippen molar-refractivity contribution in [2.45, 2.75) is 19.9 Å². The Kier molecular flexibility index (Phi) is 5.70. The number of nitrogens with zero attached hydrogens (tertiary/aromatic N) is 2. The summed E-state index contributed by atoms with van der Waals surface area (Å²) in [7, 11) is 0. The molecule has 0 bridgehead atoms. The summed E-state index contributed by atoms with van der Waals surface area (Å²) >= 11 is 7.77. The highest BCUT2D eigenvalue weighted by molar-refractivity contribution is 7.07. The van der Waals surface area contributed by atoms with Crippen LogP contribution in [0.3, 0.4) is 0 Å². The molecule has 1 aromatic heterocycles. The number of ether oxygens (including phenoxy) is 1. The first-order valence-corrected chi connectivity index (χ1v) is 10.7. The van der Waals surface area contributed by atoms with E-state index in [1.54, 1.807) is 24.5 Å². The van der Waals surface area contributed by atoms with Crippen molar-refractivity contribution >= 4 is 35.0 Å². The molecule has 0 aliphatic carbocycles. The van der Waals surface area contributed by atoms with Crippen LogP contribution in [-0.4, -0.2) is 17.1 Å². The molecule has 0 fully saturated rings. The summed E-state index contributed by atoms with van der Waals surface area (Å²) in [4.78, 5) is 31.3. The van der Waals surface area contributed by atoms with E-state index in [1.807, 2.05) is 54.6 Å². The number of fused-ring (bicyclic) bond motifs is 1. The molecule has 0 saturated heterocycles. The molecule has 0 saturated carbocycles. The van der Waals surface area contributed by atoms with Crippen LogP contribution < -0.4 is 14.9 Å². The van der Waals surface area contributed by atoms with Gasteiger partial charge in [-0.1, -0.05) is 71.5 Å². The first kappa shape index (κ1) is 20.3. The Balaban J connectivity index is 1.99. The zero-order valence-electron chi connectivity index (χ0n) is 16.5. The van der Waals surface area contributed by atoms with Crippen LogP contribution in [0.25, 0.3) is 6.08 Å². The van der Waals surface area contributed by atoms with E-state index in [9.17, 15) is 9.59 Å². The van der Waals surface area contributed by atoms with Crippen molar-refractivity contribution in [3.63, 3.8) is 0 Å². The molecule has 2 heterocycles. The van der Waals surface area contributed by atoms with Gasteiger partial charge in [0.25, 0.3) is 5.56 Å². The number of aromatic nitrogens is 1. The van der Waals surface area contributed by atoms with Crippen molar-refractivity contribution in [3.05, 3.63) is 102 Å². The van der Waals surface area contributed by atoms with Crippen molar-refractivity contribution in [3.8, 4) is 0 Å². The first-order valence-electron chi connectivity index (χ1n) is 9.50. The molecule has 5 nitrogen and oxygen atoms in total. The Bertz CT molecular complexity index is 1320. The number of rotatable bonds is 4. The fraction of sp³-hybridized carbons (Fsp3) is 0.174. The summed E-state index contributed by atoms with van der Waals surface area (Å²) in [5, 5.41) is 0.469. The predicted octanol–water partition coefficient (Wildman–Crippen LogP) is 3.45. The highest BCUT2D eigenvalue weighted by Gasteiger charge is 2.34. The highest BCUT2D eigenvalue weighted by Crippen LogP contribution is 2.34. The molecule has 1 atom stereocenters. The van der Waals surface area contributed by atoms with Gasteiger partial charge in [-0.05, 0) is 37.1 Å². The molecule has 30 heavy (non-hydrogen) atoms. The van der Waals surface area contributed by atoms with E-state index in [0.29, 0.717) is 31.2 Å². The Morgan fingerprint density at radius 1 is 1.20 bits per heavy atom. The van der Waals surface area contributed by atoms with E-state index >= 15 is 0 Å². The van der Waals surface area contributed by atoms with Crippen LogP contribution in [0.2, 0.25) is 5.02 Å². The monoisotopic (exact) mass is 438 g/mol. The Morgan fingerprint density at radius 2 is 1.90 bits per heavy atom. The van der Waals surface area contributed by atoms with Crippen molar-refractivity contribution < 1.29 is 9.53 Å². The maximum absolute atomic E-state index is 13.4. The lowest BCUT2D eigenvalue weighted by atomic mass is 9.96. The molecule has 4 rings (SSSR count). The van der Waals surface area contributed by atoms with Gasteiger partial charge in [0.1, 0.15) is 6.04 Å². The van der Waals surface area contributed by atoms with Crippen LogP contribution in [0.4, 0.5) is 0 Å². The number of esters is 1. The van der Waals surface area contributed by atoms with Crippen LogP contribution in [0.15, 0.2) is 75.7 Å². The number of carbonyl (C=O) groups excluding carboxylic acids is 1. The zero-order valence-corrected chi connectivity index (χ0v) is 18.0. The molecule has 0 spiro atoms. The molecular formula is C23H19ClN2O3S. The lowest BCUT2D eigenvalue weighted by Crippen LogP contribution is -2.40. The second-order valence-corrected chi connectivity index (χ2v) is 8.15. The van der Waals surface area contributed by atoms with E-state index in [2.05, 4.69) is 4.99 Å². The van der Waals surface area contributed by atoms with E-state index in [4.69, 9.17) is 16.3 Å². The SMILES string of the molecule is CCOC(=O)C1=C(C)N=c2s/c(=C/c3ccccc3)c(=O)n2[C@H]1c1ccccc1Cl. The van der Waals surface area contributed by atoms with Gasteiger partial charge in [-0.25, -0.2) is 9.79 Å². The second kappa shape index (κ2) is 8.42. The van der Waals surface area contributed by atoms with Gasteiger partial charge in [-0.15, -0.1) is 0 Å². The largest absolute Gasteiger partial charge is 0.463 e. The van der Waals surface area contributed by atoms with Crippen molar-refractivity contribution in [1.29, 1.82) is 0 Å². The highest BCUT2D eigenvalue weighted by atomic mass is 35.5. The van der Waals surface area contributed by atoms with Gasteiger partial charge in [0.2, 0.25) is 0 Å². The molecule has 3 aromatic rings.